The van der Waals surface area contributed by atoms with Gasteiger partial charge in [0.25, 0.3) is 0 Å². The molecule has 0 amide bonds. The average Bonchev–Trinajstić information content (AvgIpc) is 3.43. The minimum Gasteiger partial charge on any atom is -0.469 e. The van der Waals surface area contributed by atoms with Crippen molar-refractivity contribution in [3.8, 4) is 0 Å². The normalized spacial score (nSPS) is 17.4. The summed E-state index contributed by atoms with van der Waals surface area (Å²) in [5.74, 6) is -3.69. The Bertz CT molecular complexity index is 1660. The van der Waals surface area contributed by atoms with Crippen molar-refractivity contribution < 1.29 is 40.3 Å². The molecule has 0 saturated heterocycles. The van der Waals surface area contributed by atoms with Crippen LogP contribution in [0.4, 0.5) is 0 Å². The van der Waals surface area contributed by atoms with Crippen molar-refractivity contribution >= 4 is 42.6 Å². The van der Waals surface area contributed by atoms with Crippen LogP contribution < -0.4 is 0 Å². The number of esters is 2. The molecule has 0 N–H and O–H groups in total. The molecule has 9 nitrogen and oxygen atoms in total. The smallest absolute Gasteiger partial charge is 0.309 e. The monoisotopic (exact) mass is 568 g/mol. The lowest BCUT2D eigenvalue weighted by Gasteiger charge is -2.32. The van der Waals surface area contributed by atoms with E-state index in [4.69, 9.17) is 13.9 Å². The van der Waals surface area contributed by atoms with Crippen molar-refractivity contribution in [2.24, 2.45) is 11.8 Å². The summed E-state index contributed by atoms with van der Waals surface area (Å²) in [6, 6.07) is 16.7. The van der Waals surface area contributed by atoms with Crippen LogP contribution in [-0.4, -0.2) is 43.0 Å². The number of hydrogen-bond donors (Lipinski definition) is 0. The third-order valence-corrected chi connectivity index (χ3v) is 10.8. The minimum absolute atomic E-state index is 0.0157. The summed E-state index contributed by atoms with van der Waals surface area (Å²) in [4.78, 5) is 25.2. The summed E-state index contributed by atoms with van der Waals surface area (Å²) in [6.07, 6.45) is 0.679. The lowest BCUT2D eigenvalue weighted by molar-refractivity contribution is -0.158. The highest BCUT2D eigenvalue weighted by atomic mass is 32.2. The van der Waals surface area contributed by atoms with E-state index in [1.807, 2.05) is 0 Å². The second-order valence-electron chi connectivity index (χ2n) is 9.08. The Morgan fingerprint density at radius 1 is 0.692 bits per heavy atom. The number of carbonyl (C=O) groups excluding carboxylic acids is 2. The number of ether oxygens (including phenoxy) is 2. The Hall–Kier alpha value is -3.96. The first-order valence-electron chi connectivity index (χ1n) is 11.9. The lowest BCUT2D eigenvalue weighted by atomic mass is 9.75. The maximum Gasteiger partial charge on any atom is 0.309 e. The molecule has 11 heteroatoms. The molecule has 4 aromatic rings. The van der Waals surface area contributed by atoms with Gasteiger partial charge < -0.3 is 13.9 Å². The van der Waals surface area contributed by atoms with Gasteiger partial charge in [0.2, 0.25) is 19.7 Å². The third kappa shape index (κ3) is 4.31. The zero-order chi connectivity index (χ0) is 27.9. The topological polar surface area (TPSA) is 134 Å². The molecule has 0 saturated carbocycles. The van der Waals surface area contributed by atoms with E-state index in [-0.39, 0.29) is 54.5 Å². The first-order valence-corrected chi connectivity index (χ1v) is 14.9. The summed E-state index contributed by atoms with van der Waals surface area (Å²) in [6.45, 7) is 0. The summed E-state index contributed by atoms with van der Waals surface area (Å²) in [5, 5.41) is 0.0623. The Kier molecular flexibility index (Phi) is 6.81. The van der Waals surface area contributed by atoms with Crippen molar-refractivity contribution in [2.45, 2.75) is 32.4 Å². The molecule has 1 aromatic heterocycles. The van der Waals surface area contributed by atoms with Crippen LogP contribution in [0.2, 0.25) is 0 Å². The van der Waals surface area contributed by atoms with E-state index in [1.165, 1.54) is 43.7 Å². The van der Waals surface area contributed by atoms with Gasteiger partial charge in [-0.25, -0.2) is 16.8 Å². The van der Waals surface area contributed by atoms with Gasteiger partial charge in [-0.1, -0.05) is 36.4 Å². The van der Waals surface area contributed by atoms with Gasteiger partial charge in [-0.2, -0.15) is 0 Å². The fourth-order valence-electron chi connectivity index (χ4n) is 5.22. The molecule has 2 atom stereocenters. The third-order valence-electron chi connectivity index (χ3n) is 7.01. The highest BCUT2D eigenvalue weighted by Crippen LogP contribution is 2.46. The molecule has 0 radical (unpaired) electrons. The van der Waals surface area contributed by atoms with Gasteiger partial charge in [0, 0.05) is 5.39 Å². The van der Waals surface area contributed by atoms with Gasteiger partial charge in [0.15, 0.2) is 5.58 Å². The van der Waals surface area contributed by atoms with Crippen LogP contribution in [-0.2, 0) is 51.6 Å². The second-order valence-corrected chi connectivity index (χ2v) is 12.9. The molecule has 0 spiro atoms. The number of methoxy groups -OCH3 is 2. The molecule has 3 aromatic carbocycles. The first-order chi connectivity index (χ1) is 18.6. The number of furan rings is 1. The fourth-order valence-corrected chi connectivity index (χ4v) is 8.63. The Morgan fingerprint density at radius 2 is 1.13 bits per heavy atom. The van der Waals surface area contributed by atoms with Crippen LogP contribution in [0.25, 0.3) is 11.0 Å². The van der Waals surface area contributed by atoms with E-state index in [1.54, 1.807) is 36.4 Å². The van der Waals surface area contributed by atoms with Crippen LogP contribution in [0.1, 0.15) is 11.1 Å². The Morgan fingerprint density at radius 3 is 1.59 bits per heavy atom. The average molecular weight is 569 g/mol. The molecule has 202 valence electrons. The second kappa shape index (κ2) is 9.97. The molecule has 0 unspecified atom stereocenters. The van der Waals surface area contributed by atoms with Crippen molar-refractivity contribution in [1.29, 1.82) is 0 Å². The van der Waals surface area contributed by atoms with Crippen LogP contribution in [0.5, 0.6) is 0 Å². The molecule has 0 aliphatic heterocycles. The number of sulfone groups is 2. The van der Waals surface area contributed by atoms with Crippen LogP contribution >= 0.6 is 0 Å². The van der Waals surface area contributed by atoms with Gasteiger partial charge in [-0.15, -0.1) is 0 Å². The highest BCUT2D eigenvalue weighted by Gasteiger charge is 2.45. The number of benzene rings is 3. The van der Waals surface area contributed by atoms with Gasteiger partial charge in [0.1, 0.15) is 4.90 Å². The highest BCUT2D eigenvalue weighted by molar-refractivity contribution is 7.92. The van der Waals surface area contributed by atoms with E-state index in [0.29, 0.717) is 0 Å². The van der Waals surface area contributed by atoms with Crippen LogP contribution in [0.15, 0.2) is 97.0 Å². The molecule has 5 rings (SSSR count). The van der Waals surface area contributed by atoms with Gasteiger partial charge in [0.05, 0.1) is 47.0 Å². The predicted molar refractivity (Wildman–Crippen MR) is 138 cm³/mol. The van der Waals surface area contributed by atoms with Crippen molar-refractivity contribution in [3.05, 3.63) is 84.1 Å². The van der Waals surface area contributed by atoms with Crippen LogP contribution in [0.3, 0.4) is 0 Å². The van der Waals surface area contributed by atoms with E-state index in [2.05, 4.69) is 0 Å². The van der Waals surface area contributed by atoms with E-state index < -0.39 is 43.4 Å². The Balaban J connectivity index is 1.92. The van der Waals surface area contributed by atoms with Gasteiger partial charge >= 0.3 is 11.9 Å². The predicted octanol–water partition coefficient (Wildman–Crippen LogP) is 3.78. The molecular formula is C28H24O9S2. The van der Waals surface area contributed by atoms with Crippen LogP contribution in [0, 0.1) is 11.8 Å². The van der Waals surface area contributed by atoms with Gasteiger partial charge in [-0.3, -0.25) is 9.59 Å². The minimum atomic E-state index is -4.26. The molecule has 1 aliphatic carbocycles. The molecule has 0 bridgehead atoms. The Labute approximate surface area is 225 Å². The van der Waals surface area contributed by atoms with Crippen molar-refractivity contribution in [2.75, 3.05) is 14.2 Å². The number of rotatable bonds is 6. The SMILES string of the molecule is COC(=O)[C@@H]1Cc2c(c(S(=O)(=O)c3ccccc3)c3occc3c2S(=O)(=O)c2ccccc2)C[C@H]1C(=O)OC. The van der Waals surface area contributed by atoms with E-state index in [9.17, 15) is 26.4 Å². The summed E-state index contributed by atoms with van der Waals surface area (Å²) in [5.41, 5.74) is 0.0661. The fraction of sp³-hybridized carbons (Fsp3) is 0.214. The molecule has 0 fully saturated rings. The maximum atomic E-state index is 14.1. The van der Waals surface area contributed by atoms with E-state index in [0.717, 1.165) is 7.11 Å². The first kappa shape index (κ1) is 26.6. The maximum absolute atomic E-state index is 14.1. The molecule has 39 heavy (non-hydrogen) atoms. The zero-order valence-corrected chi connectivity index (χ0v) is 22.6. The number of hydrogen-bond acceptors (Lipinski definition) is 9. The largest absolute Gasteiger partial charge is 0.469 e. The van der Waals surface area contributed by atoms with Crippen molar-refractivity contribution in [1.82, 2.24) is 0 Å². The lowest BCUT2D eigenvalue weighted by Crippen LogP contribution is -2.39. The van der Waals surface area contributed by atoms with E-state index >= 15 is 0 Å². The van der Waals surface area contributed by atoms with Crippen molar-refractivity contribution in [3.63, 3.8) is 0 Å². The number of carbonyl (C=O) groups is 2. The molecule has 1 heterocycles. The quantitative estimate of drug-likeness (QED) is 0.319. The summed E-state index contributed by atoms with van der Waals surface area (Å²) < 4.78 is 71.8. The standard InChI is InChI=1S/C28H24O9S2/c1-35-27(29)22-15-20-21(16-23(22)28(30)36-2)26(39(33,34)18-11-7-4-8-12-18)24-19(13-14-37-24)25(20)38(31,32)17-9-5-3-6-10-17/h3-14,22-23H,15-16H2,1-2H3/t22-,23-/m1/s1. The molecule has 1 aliphatic rings. The summed E-state index contributed by atoms with van der Waals surface area (Å²) >= 11 is 0. The summed E-state index contributed by atoms with van der Waals surface area (Å²) in [7, 11) is -6.16. The molecular weight excluding hydrogens is 544 g/mol. The van der Waals surface area contributed by atoms with Gasteiger partial charge in [-0.05, 0) is 54.3 Å². The zero-order valence-electron chi connectivity index (χ0n) is 21.0. The number of fused-ring (bicyclic) bond motifs is 2.